The van der Waals surface area contributed by atoms with Gasteiger partial charge in [0.2, 0.25) is 11.8 Å². The van der Waals surface area contributed by atoms with Crippen LogP contribution in [-0.2, 0) is 23.2 Å². The summed E-state index contributed by atoms with van der Waals surface area (Å²) in [6.07, 6.45) is 0.269. The minimum atomic E-state index is -0.428. The third-order valence-corrected chi connectivity index (χ3v) is 6.10. The van der Waals surface area contributed by atoms with Crippen LogP contribution in [0.2, 0.25) is 0 Å². The number of aromatic nitrogens is 2. The van der Waals surface area contributed by atoms with Gasteiger partial charge in [-0.2, -0.15) is 5.10 Å². The standard InChI is InChI=1S/C22H30N6O3/c1-14(2)21(30)27-10-9-26(12-15(27)3)13-16-5-6-17-18(11-16)25(4)24-20(17)28-8-7-19(29)23-22(28)31/h5-6,11,14-15H,7-10,12-13H2,1-4H3,(H,23,29,31)/t15-/m1/s1. The molecule has 1 N–H and O–H groups in total. The molecular weight excluding hydrogens is 396 g/mol. The Kier molecular flexibility index (Phi) is 5.70. The van der Waals surface area contributed by atoms with Gasteiger partial charge < -0.3 is 4.90 Å². The van der Waals surface area contributed by atoms with Crippen LogP contribution in [-0.4, -0.2) is 69.6 Å². The van der Waals surface area contributed by atoms with Crippen LogP contribution in [0.3, 0.4) is 0 Å². The number of anilines is 1. The van der Waals surface area contributed by atoms with Crippen molar-refractivity contribution < 1.29 is 14.4 Å². The number of fused-ring (bicyclic) bond motifs is 1. The zero-order valence-electron chi connectivity index (χ0n) is 18.6. The van der Waals surface area contributed by atoms with E-state index in [9.17, 15) is 14.4 Å². The van der Waals surface area contributed by atoms with E-state index < -0.39 is 6.03 Å². The van der Waals surface area contributed by atoms with Crippen LogP contribution in [0.25, 0.3) is 10.9 Å². The van der Waals surface area contributed by atoms with E-state index in [2.05, 4.69) is 34.4 Å². The van der Waals surface area contributed by atoms with E-state index in [0.717, 1.165) is 42.6 Å². The minimum Gasteiger partial charge on any atom is -0.337 e. The van der Waals surface area contributed by atoms with Crippen LogP contribution in [0.5, 0.6) is 0 Å². The van der Waals surface area contributed by atoms with Gasteiger partial charge in [0.15, 0.2) is 5.82 Å². The summed E-state index contributed by atoms with van der Waals surface area (Å²) in [5, 5.41) is 7.79. The van der Waals surface area contributed by atoms with Gasteiger partial charge in [-0.1, -0.05) is 19.9 Å². The first kappa shape index (κ1) is 21.3. The fourth-order valence-corrected chi connectivity index (χ4v) is 4.44. The normalized spacial score (nSPS) is 20.6. The lowest BCUT2D eigenvalue weighted by Crippen LogP contribution is -2.54. The first-order valence-corrected chi connectivity index (χ1v) is 10.8. The van der Waals surface area contributed by atoms with Crippen molar-refractivity contribution >= 4 is 34.6 Å². The number of amides is 4. The second-order valence-electron chi connectivity index (χ2n) is 8.82. The number of aryl methyl sites for hydroxylation is 1. The Labute approximate surface area is 181 Å². The highest BCUT2D eigenvalue weighted by molar-refractivity contribution is 6.08. The van der Waals surface area contributed by atoms with Gasteiger partial charge in [0.05, 0.1) is 5.52 Å². The first-order chi connectivity index (χ1) is 14.7. The second-order valence-corrected chi connectivity index (χ2v) is 8.82. The number of hydrogen-bond acceptors (Lipinski definition) is 5. The summed E-state index contributed by atoms with van der Waals surface area (Å²) in [6.45, 7) is 9.57. The molecule has 9 nitrogen and oxygen atoms in total. The zero-order valence-corrected chi connectivity index (χ0v) is 18.6. The molecule has 2 aliphatic heterocycles. The molecule has 1 atom stereocenters. The van der Waals surface area contributed by atoms with Crippen molar-refractivity contribution in [3.63, 3.8) is 0 Å². The fourth-order valence-electron chi connectivity index (χ4n) is 4.44. The summed E-state index contributed by atoms with van der Waals surface area (Å²) in [5.74, 6) is 0.562. The molecule has 0 unspecified atom stereocenters. The Morgan fingerprint density at radius 1 is 1.23 bits per heavy atom. The lowest BCUT2D eigenvalue weighted by Gasteiger charge is -2.40. The predicted molar refractivity (Wildman–Crippen MR) is 118 cm³/mol. The van der Waals surface area contributed by atoms with Crippen molar-refractivity contribution in [3.8, 4) is 0 Å². The molecule has 31 heavy (non-hydrogen) atoms. The van der Waals surface area contributed by atoms with Gasteiger partial charge in [-0.05, 0) is 24.6 Å². The predicted octanol–water partition coefficient (Wildman–Crippen LogP) is 1.71. The number of rotatable bonds is 4. The number of benzene rings is 1. The number of carbonyl (C=O) groups excluding carboxylic acids is 3. The average molecular weight is 427 g/mol. The summed E-state index contributed by atoms with van der Waals surface area (Å²) in [5.41, 5.74) is 2.11. The second kappa shape index (κ2) is 8.30. The number of carbonyl (C=O) groups is 3. The van der Waals surface area contributed by atoms with E-state index >= 15 is 0 Å². The molecular formula is C22H30N6O3. The monoisotopic (exact) mass is 426 g/mol. The maximum atomic E-state index is 12.4. The van der Waals surface area contributed by atoms with Gasteiger partial charge in [0, 0.05) is 63.5 Å². The molecule has 0 radical (unpaired) electrons. The van der Waals surface area contributed by atoms with Crippen LogP contribution in [0.15, 0.2) is 18.2 Å². The smallest absolute Gasteiger partial charge is 0.329 e. The van der Waals surface area contributed by atoms with Crippen molar-refractivity contribution in [2.24, 2.45) is 13.0 Å². The Morgan fingerprint density at radius 3 is 2.68 bits per heavy atom. The highest BCUT2D eigenvalue weighted by Crippen LogP contribution is 2.28. The zero-order chi connectivity index (χ0) is 22.3. The average Bonchev–Trinajstić information content (AvgIpc) is 3.03. The van der Waals surface area contributed by atoms with Crippen molar-refractivity contribution in [1.82, 2.24) is 24.9 Å². The molecule has 4 rings (SSSR count). The summed E-state index contributed by atoms with van der Waals surface area (Å²) in [6, 6.07) is 5.93. The van der Waals surface area contributed by atoms with E-state index in [1.807, 2.05) is 31.9 Å². The lowest BCUT2D eigenvalue weighted by molar-refractivity contribution is -0.139. The topological polar surface area (TPSA) is 90.8 Å². The van der Waals surface area contributed by atoms with Gasteiger partial charge in [-0.15, -0.1) is 0 Å². The quantitative estimate of drug-likeness (QED) is 0.804. The number of piperazine rings is 1. The van der Waals surface area contributed by atoms with Crippen molar-refractivity contribution in [1.29, 1.82) is 0 Å². The van der Waals surface area contributed by atoms with E-state index in [1.165, 1.54) is 4.90 Å². The number of hydrogen-bond donors (Lipinski definition) is 1. The van der Waals surface area contributed by atoms with Gasteiger partial charge in [-0.3, -0.25) is 29.4 Å². The summed E-state index contributed by atoms with van der Waals surface area (Å²) < 4.78 is 1.78. The number of urea groups is 1. The van der Waals surface area contributed by atoms with E-state index in [0.29, 0.717) is 12.4 Å². The van der Waals surface area contributed by atoms with Crippen molar-refractivity contribution in [2.75, 3.05) is 31.1 Å². The molecule has 9 heteroatoms. The third-order valence-electron chi connectivity index (χ3n) is 6.10. The molecule has 2 saturated heterocycles. The largest absolute Gasteiger partial charge is 0.337 e. The van der Waals surface area contributed by atoms with Crippen LogP contribution < -0.4 is 10.2 Å². The molecule has 1 aromatic carbocycles. The Hall–Kier alpha value is -2.94. The van der Waals surface area contributed by atoms with Crippen LogP contribution >= 0.6 is 0 Å². The van der Waals surface area contributed by atoms with Crippen LogP contribution in [0.4, 0.5) is 10.6 Å². The Bertz CT molecular complexity index is 1030. The molecule has 4 amide bonds. The molecule has 0 saturated carbocycles. The Morgan fingerprint density at radius 2 is 2.00 bits per heavy atom. The summed E-state index contributed by atoms with van der Waals surface area (Å²) in [4.78, 5) is 42.0. The van der Waals surface area contributed by atoms with Crippen molar-refractivity contribution in [3.05, 3.63) is 23.8 Å². The van der Waals surface area contributed by atoms with Crippen LogP contribution in [0, 0.1) is 5.92 Å². The van der Waals surface area contributed by atoms with Gasteiger partial charge in [0.25, 0.3) is 0 Å². The van der Waals surface area contributed by atoms with Crippen LogP contribution in [0.1, 0.15) is 32.8 Å². The molecule has 3 heterocycles. The van der Waals surface area contributed by atoms with Gasteiger partial charge >= 0.3 is 6.03 Å². The van der Waals surface area contributed by atoms with E-state index in [1.54, 1.807) is 4.68 Å². The number of nitrogens with zero attached hydrogens (tertiary/aromatic N) is 5. The molecule has 0 spiro atoms. The Balaban J connectivity index is 1.49. The maximum Gasteiger partial charge on any atom is 0.329 e. The highest BCUT2D eigenvalue weighted by Gasteiger charge is 2.30. The number of nitrogens with one attached hydrogen (secondary N) is 1. The lowest BCUT2D eigenvalue weighted by atomic mass is 10.1. The van der Waals surface area contributed by atoms with E-state index in [4.69, 9.17) is 0 Å². The SMILES string of the molecule is CC(C)C(=O)N1CCN(Cc2ccc3c(N4CCC(=O)NC4=O)nn(C)c3c2)C[C@H]1C. The van der Waals surface area contributed by atoms with E-state index in [-0.39, 0.29) is 30.2 Å². The first-order valence-electron chi connectivity index (χ1n) is 10.8. The van der Waals surface area contributed by atoms with Gasteiger partial charge in [0.1, 0.15) is 0 Å². The molecule has 1 aromatic heterocycles. The molecule has 2 aliphatic rings. The molecule has 2 aromatic rings. The number of imide groups is 1. The minimum absolute atomic E-state index is 0.0237. The van der Waals surface area contributed by atoms with Crippen molar-refractivity contribution in [2.45, 2.75) is 39.8 Å². The maximum absolute atomic E-state index is 12.4. The summed E-state index contributed by atoms with van der Waals surface area (Å²) in [7, 11) is 1.86. The molecule has 0 aliphatic carbocycles. The fraction of sp³-hybridized carbons (Fsp3) is 0.545. The molecule has 2 fully saturated rings. The molecule has 0 bridgehead atoms. The third kappa shape index (κ3) is 4.14. The van der Waals surface area contributed by atoms with Gasteiger partial charge in [-0.25, -0.2) is 4.79 Å². The molecule has 166 valence electrons. The summed E-state index contributed by atoms with van der Waals surface area (Å²) >= 11 is 0. The highest BCUT2D eigenvalue weighted by atomic mass is 16.2.